The number of rotatable bonds is 7. The largest absolute Gasteiger partial charge is 0.497 e. The van der Waals surface area contributed by atoms with Crippen molar-refractivity contribution in [1.82, 2.24) is 0 Å². The van der Waals surface area contributed by atoms with Crippen LogP contribution in [-0.2, 0) is 21.7 Å². The van der Waals surface area contributed by atoms with E-state index >= 15 is 0 Å². The highest BCUT2D eigenvalue weighted by Crippen LogP contribution is 2.55. The third kappa shape index (κ3) is 6.65. The van der Waals surface area contributed by atoms with Crippen molar-refractivity contribution >= 4 is 0 Å². The first-order valence-corrected chi connectivity index (χ1v) is 27.0. The highest BCUT2D eigenvalue weighted by molar-refractivity contribution is 5.92. The van der Waals surface area contributed by atoms with Gasteiger partial charge < -0.3 is 9.47 Å². The molecular formula is C74H62O2. The van der Waals surface area contributed by atoms with E-state index in [0.717, 1.165) is 11.5 Å². The molecule has 0 unspecified atom stereocenters. The van der Waals surface area contributed by atoms with Gasteiger partial charge in [0.05, 0.1) is 14.2 Å². The number of hydrogen-bond donors (Lipinski definition) is 0. The minimum atomic E-state index is -0.209. The molecule has 0 aromatic heterocycles. The molecule has 0 saturated heterocycles. The van der Waals surface area contributed by atoms with E-state index in [-0.39, 0.29) is 21.7 Å². The van der Waals surface area contributed by atoms with Gasteiger partial charge in [-0.1, -0.05) is 165 Å². The van der Waals surface area contributed by atoms with E-state index in [4.69, 9.17) is 9.47 Å². The summed E-state index contributed by atoms with van der Waals surface area (Å²) in [6.07, 6.45) is 0. The SMILES string of the molecule is COc1ccc2c(c1)C(C)(C)c1cc(-c3cc(-c4cc(-c5ccc6c(c5)C(C)(C)c5ccccc5-6)cc(-c5ccc6c(c5)C(C)(C)c5ccccc5-6)c4)cc(-c4ccc5c(c4)C(C)(C)c4cc(OC)ccc4-5)c3)ccc1-2. The molecule has 0 spiro atoms. The topological polar surface area (TPSA) is 18.5 Å². The Labute approximate surface area is 448 Å². The van der Waals surface area contributed by atoms with Crippen LogP contribution in [0, 0.1) is 0 Å². The lowest BCUT2D eigenvalue weighted by Gasteiger charge is -2.23. The van der Waals surface area contributed by atoms with Gasteiger partial charge in [-0.25, -0.2) is 0 Å². The second kappa shape index (κ2) is 16.2. The lowest BCUT2D eigenvalue weighted by molar-refractivity contribution is 0.413. The number of fused-ring (bicyclic) bond motifs is 12. The maximum absolute atomic E-state index is 5.76. The molecule has 0 bridgehead atoms. The minimum absolute atomic E-state index is 0.123. The zero-order chi connectivity index (χ0) is 52.2. The first-order valence-electron chi connectivity index (χ1n) is 27.0. The molecule has 0 aliphatic heterocycles. The number of benzene rings is 10. The Bertz CT molecular complexity index is 3880. The molecule has 2 heteroatoms. The molecular weight excluding hydrogens is 921 g/mol. The van der Waals surface area contributed by atoms with Crippen molar-refractivity contribution in [2.45, 2.75) is 77.0 Å². The molecule has 0 fully saturated rings. The lowest BCUT2D eigenvalue weighted by Crippen LogP contribution is -2.15. The smallest absolute Gasteiger partial charge is 0.119 e. The molecule has 10 aromatic carbocycles. The molecule has 76 heavy (non-hydrogen) atoms. The number of hydrogen-bond acceptors (Lipinski definition) is 2. The summed E-state index contributed by atoms with van der Waals surface area (Å²) in [6.45, 7) is 18.9. The standard InChI is InChI=1S/C74H62O2/c1-71(2)63-17-13-11-15-55(63)57-25-19-43(37-65(57)71)47-31-48(44-20-26-58-56-16-12-14-18-64(56)72(3,4)66(58)38-44)34-51(33-47)52-35-49(45-21-27-59-61-29-23-53(75-9)41-69(61)73(5,6)67(59)39-45)32-50(36-52)46-22-28-60-62-30-24-54(76-10)42-70(62)74(7,8)68(60)40-46/h11-42H,1-10H3. The van der Waals surface area contributed by atoms with Crippen molar-refractivity contribution < 1.29 is 9.47 Å². The molecule has 0 atom stereocenters. The van der Waals surface area contributed by atoms with Crippen LogP contribution in [0.3, 0.4) is 0 Å². The van der Waals surface area contributed by atoms with Crippen LogP contribution in [0.1, 0.15) is 99.9 Å². The van der Waals surface area contributed by atoms with Crippen molar-refractivity contribution in [3.63, 3.8) is 0 Å². The molecule has 10 aromatic rings. The van der Waals surface area contributed by atoms with Crippen LogP contribution in [0.2, 0.25) is 0 Å². The van der Waals surface area contributed by atoms with E-state index in [1.54, 1.807) is 14.2 Å². The predicted octanol–water partition coefficient (Wildman–Crippen LogP) is 19.3. The van der Waals surface area contributed by atoms with Crippen LogP contribution >= 0.6 is 0 Å². The summed E-state index contributed by atoms with van der Waals surface area (Å²) in [7, 11) is 3.51. The Morgan fingerprint density at radius 1 is 0.211 bits per heavy atom. The molecule has 0 saturated carbocycles. The monoisotopic (exact) mass is 982 g/mol. The van der Waals surface area contributed by atoms with Gasteiger partial charge in [0.15, 0.2) is 0 Å². The summed E-state index contributed by atoms with van der Waals surface area (Å²) in [5.41, 5.74) is 32.6. The first-order chi connectivity index (χ1) is 36.5. The molecule has 4 aliphatic rings. The molecule has 0 radical (unpaired) electrons. The number of ether oxygens (including phenoxy) is 2. The molecule has 14 rings (SSSR count). The van der Waals surface area contributed by atoms with E-state index in [1.165, 1.54) is 145 Å². The van der Waals surface area contributed by atoms with E-state index in [1.807, 2.05) is 0 Å². The number of methoxy groups -OCH3 is 2. The molecule has 370 valence electrons. The second-order valence-electron chi connectivity index (χ2n) is 24.1. The fraction of sp³-hybridized carbons (Fsp3) is 0.189. The van der Waals surface area contributed by atoms with Crippen molar-refractivity contribution in [3.8, 4) is 112 Å². The van der Waals surface area contributed by atoms with Crippen LogP contribution in [0.25, 0.3) is 100 Å². The summed E-state index contributed by atoms with van der Waals surface area (Å²) in [4.78, 5) is 0. The van der Waals surface area contributed by atoms with Crippen molar-refractivity contribution in [3.05, 3.63) is 239 Å². The van der Waals surface area contributed by atoms with Crippen LogP contribution < -0.4 is 9.47 Å². The van der Waals surface area contributed by atoms with Gasteiger partial charge in [0.2, 0.25) is 0 Å². The van der Waals surface area contributed by atoms with Crippen molar-refractivity contribution in [1.29, 1.82) is 0 Å². The Morgan fingerprint density at radius 2 is 0.434 bits per heavy atom. The zero-order valence-corrected chi connectivity index (χ0v) is 45.3. The van der Waals surface area contributed by atoms with Gasteiger partial charge in [-0.2, -0.15) is 0 Å². The summed E-state index contributed by atoms with van der Waals surface area (Å²) in [5, 5.41) is 0. The van der Waals surface area contributed by atoms with E-state index in [0.29, 0.717) is 0 Å². The summed E-state index contributed by atoms with van der Waals surface area (Å²) >= 11 is 0. The summed E-state index contributed by atoms with van der Waals surface area (Å²) in [6, 6.07) is 74.3. The highest BCUT2D eigenvalue weighted by Gasteiger charge is 2.39. The summed E-state index contributed by atoms with van der Waals surface area (Å²) in [5.74, 6) is 1.78. The highest BCUT2D eigenvalue weighted by atomic mass is 16.5. The fourth-order valence-corrected chi connectivity index (χ4v) is 14.1. The zero-order valence-electron chi connectivity index (χ0n) is 45.3. The Morgan fingerprint density at radius 3 is 0.724 bits per heavy atom. The average molecular weight is 983 g/mol. The Kier molecular flexibility index (Phi) is 9.85. The summed E-state index contributed by atoms with van der Waals surface area (Å²) < 4.78 is 11.5. The minimum Gasteiger partial charge on any atom is -0.497 e. The molecule has 2 nitrogen and oxygen atoms in total. The van der Waals surface area contributed by atoms with E-state index < -0.39 is 0 Å². The molecule has 0 heterocycles. The van der Waals surface area contributed by atoms with E-state index in [9.17, 15) is 0 Å². The van der Waals surface area contributed by atoms with Crippen LogP contribution in [0.5, 0.6) is 11.5 Å². The van der Waals surface area contributed by atoms with Crippen LogP contribution in [-0.4, -0.2) is 14.2 Å². The van der Waals surface area contributed by atoms with Crippen molar-refractivity contribution in [2.75, 3.05) is 14.2 Å². The molecule has 0 N–H and O–H groups in total. The van der Waals surface area contributed by atoms with Gasteiger partial charge in [0.1, 0.15) is 11.5 Å². The van der Waals surface area contributed by atoms with Gasteiger partial charge in [-0.15, -0.1) is 0 Å². The average Bonchev–Trinajstić information content (AvgIpc) is 4.14. The Balaban J connectivity index is 0.978. The Hall–Kier alpha value is -8.20. The quantitative estimate of drug-likeness (QED) is 0.158. The van der Waals surface area contributed by atoms with Gasteiger partial charge in [-0.05, 0) is 230 Å². The normalized spacial score (nSPS) is 15.7. The van der Waals surface area contributed by atoms with E-state index in [2.05, 4.69) is 250 Å². The van der Waals surface area contributed by atoms with Gasteiger partial charge >= 0.3 is 0 Å². The maximum Gasteiger partial charge on any atom is 0.119 e. The molecule has 0 amide bonds. The fourth-order valence-electron chi connectivity index (χ4n) is 14.1. The van der Waals surface area contributed by atoms with Gasteiger partial charge in [0.25, 0.3) is 0 Å². The molecule has 4 aliphatic carbocycles. The predicted molar refractivity (Wildman–Crippen MR) is 317 cm³/mol. The van der Waals surface area contributed by atoms with Gasteiger partial charge in [-0.3, -0.25) is 0 Å². The van der Waals surface area contributed by atoms with Gasteiger partial charge in [0, 0.05) is 21.7 Å². The maximum atomic E-state index is 5.76. The van der Waals surface area contributed by atoms with Crippen LogP contribution in [0.15, 0.2) is 194 Å². The first kappa shape index (κ1) is 46.3. The third-order valence-corrected chi connectivity index (χ3v) is 18.5. The van der Waals surface area contributed by atoms with Crippen LogP contribution in [0.4, 0.5) is 0 Å². The third-order valence-electron chi connectivity index (χ3n) is 18.5. The lowest BCUT2D eigenvalue weighted by atomic mass is 9.80. The van der Waals surface area contributed by atoms with Crippen molar-refractivity contribution in [2.24, 2.45) is 0 Å². The second-order valence-corrected chi connectivity index (χ2v) is 24.1.